The monoisotopic (exact) mass is 348 g/mol. The van der Waals surface area contributed by atoms with Gasteiger partial charge in [0.15, 0.2) is 18.1 Å². The van der Waals surface area contributed by atoms with E-state index in [0.717, 1.165) is 5.56 Å². The van der Waals surface area contributed by atoms with Crippen LogP contribution >= 0.6 is 11.6 Å². The third kappa shape index (κ3) is 4.89. The molecule has 126 valence electrons. The van der Waals surface area contributed by atoms with Gasteiger partial charge in [-0.2, -0.15) is 5.10 Å². The van der Waals surface area contributed by atoms with Gasteiger partial charge in [0.2, 0.25) is 0 Å². The Hall–Kier alpha value is -2.73. The zero-order chi connectivity index (χ0) is 17.5. The molecule has 0 aromatic heterocycles. The number of nitrogens with one attached hydrogen (secondary N) is 1. The van der Waals surface area contributed by atoms with E-state index in [0.29, 0.717) is 22.1 Å². The summed E-state index contributed by atoms with van der Waals surface area (Å²) in [5.41, 5.74) is 3.82. The fraction of sp³-hybridized carbons (Fsp3) is 0.176. The van der Waals surface area contributed by atoms with Gasteiger partial charge in [0.05, 0.1) is 13.3 Å². The van der Waals surface area contributed by atoms with E-state index in [9.17, 15) is 9.90 Å². The van der Waals surface area contributed by atoms with Gasteiger partial charge in [-0.1, -0.05) is 11.6 Å². The highest BCUT2D eigenvalue weighted by molar-refractivity contribution is 6.31. The van der Waals surface area contributed by atoms with E-state index >= 15 is 0 Å². The second-order valence-electron chi connectivity index (χ2n) is 4.92. The van der Waals surface area contributed by atoms with Crippen molar-refractivity contribution in [2.24, 2.45) is 5.10 Å². The maximum Gasteiger partial charge on any atom is 0.277 e. The highest BCUT2D eigenvalue weighted by Crippen LogP contribution is 2.25. The average Bonchev–Trinajstić information content (AvgIpc) is 2.56. The van der Waals surface area contributed by atoms with E-state index in [1.165, 1.54) is 19.4 Å². The zero-order valence-corrected chi connectivity index (χ0v) is 14.0. The molecular formula is C17H17ClN2O4. The zero-order valence-electron chi connectivity index (χ0n) is 13.2. The van der Waals surface area contributed by atoms with E-state index < -0.39 is 5.91 Å². The van der Waals surface area contributed by atoms with Crippen LogP contribution < -0.4 is 14.9 Å². The minimum absolute atomic E-state index is 0.00535. The first-order valence-corrected chi connectivity index (χ1v) is 7.45. The number of aryl methyl sites for hydroxylation is 1. The lowest BCUT2D eigenvalue weighted by atomic mass is 10.2. The Balaban J connectivity index is 1.84. The summed E-state index contributed by atoms with van der Waals surface area (Å²) in [6, 6.07) is 9.91. The molecule has 0 atom stereocenters. The van der Waals surface area contributed by atoms with Crippen molar-refractivity contribution < 1.29 is 19.4 Å². The van der Waals surface area contributed by atoms with Crippen molar-refractivity contribution in [2.75, 3.05) is 13.7 Å². The topological polar surface area (TPSA) is 80.2 Å². The van der Waals surface area contributed by atoms with Gasteiger partial charge >= 0.3 is 0 Å². The van der Waals surface area contributed by atoms with E-state index in [1.54, 1.807) is 30.3 Å². The summed E-state index contributed by atoms with van der Waals surface area (Å²) in [6.07, 6.45) is 1.41. The van der Waals surface area contributed by atoms with Gasteiger partial charge in [0, 0.05) is 5.02 Å². The molecule has 7 heteroatoms. The molecule has 0 saturated heterocycles. The Labute approximate surface area is 144 Å². The molecular weight excluding hydrogens is 332 g/mol. The maximum absolute atomic E-state index is 11.7. The molecule has 0 radical (unpaired) electrons. The number of phenolic OH excluding ortho intramolecular Hbond substituents is 1. The van der Waals surface area contributed by atoms with Crippen molar-refractivity contribution in [1.82, 2.24) is 5.43 Å². The summed E-state index contributed by atoms with van der Waals surface area (Å²) in [4.78, 5) is 11.7. The van der Waals surface area contributed by atoms with Gasteiger partial charge in [-0.15, -0.1) is 0 Å². The predicted molar refractivity (Wildman–Crippen MR) is 92.1 cm³/mol. The van der Waals surface area contributed by atoms with Gasteiger partial charge < -0.3 is 14.6 Å². The van der Waals surface area contributed by atoms with E-state index in [1.807, 2.05) is 6.92 Å². The fourth-order valence-corrected chi connectivity index (χ4v) is 1.97. The molecule has 0 aliphatic rings. The van der Waals surface area contributed by atoms with Crippen molar-refractivity contribution in [3.8, 4) is 17.2 Å². The molecule has 0 bridgehead atoms. The van der Waals surface area contributed by atoms with Crippen molar-refractivity contribution >= 4 is 23.7 Å². The van der Waals surface area contributed by atoms with Crippen LogP contribution in [0, 0.1) is 6.92 Å². The molecule has 0 spiro atoms. The second kappa shape index (κ2) is 8.21. The molecule has 2 aromatic rings. The Kier molecular flexibility index (Phi) is 6.03. The lowest BCUT2D eigenvalue weighted by Crippen LogP contribution is -2.24. The number of halogens is 1. The average molecular weight is 349 g/mol. The second-order valence-corrected chi connectivity index (χ2v) is 5.33. The fourth-order valence-electron chi connectivity index (χ4n) is 1.85. The number of carbonyl (C=O) groups excluding carboxylic acids is 1. The summed E-state index contributed by atoms with van der Waals surface area (Å²) in [5.74, 6) is 0.504. The van der Waals surface area contributed by atoms with Crippen molar-refractivity contribution in [3.63, 3.8) is 0 Å². The van der Waals surface area contributed by atoms with Gasteiger partial charge in [-0.3, -0.25) is 4.79 Å². The van der Waals surface area contributed by atoms with Gasteiger partial charge in [0.1, 0.15) is 5.75 Å². The number of benzene rings is 2. The summed E-state index contributed by atoms with van der Waals surface area (Å²) in [7, 11) is 1.46. The quantitative estimate of drug-likeness (QED) is 0.621. The molecule has 2 N–H and O–H groups in total. The highest BCUT2D eigenvalue weighted by atomic mass is 35.5. The van der Waals surface area contributed by atoms with Crippen LogP contribution in [-0.4, -0.2) is 30.9 Å². The van der Waals surface area contributed by atoms with Crippen molar-refractivity contribution in [1.29, 1.82) is 0 Å². The number of hydrazone groups is 1. The third-order valence-electron chi connectivity index (χ3n) is 3.11. The Morgan fingerprint density at radius 1 is 1.33 bits per heavy atom. The Bertz CT molecular complexity index is 762. The number of hydrogen-bond acceptors (Lipinski definition) is 5. The first kappa shape index (κ1) is 17.6. The molecule has 0 aliphatic heterocycles. The molecule has 2 rings (SSSR count). The summed E-state index contributed by atoms with van der Waals surface area (Å²) < 4.78 is 10.3. The van der Waals surface area contributed by atoms with Gasteiger partial charge in [0.25, 0.3) is 5.91 Å². The number of carbonyl (C=O) groups is 1. The maximum atomic E-state index is 11.7. The predicted octanol–water partition coefficient (Wildman–Crippen LogP) is 2.89. The van der Waals surface area contributed by atoms with Crippen LogP contribution in [0.1, 0.15) is 11.1 Å². The number of aromatic hydroxyl groups is 1. The number of rotatable bonds is 6. The van der Waals surface area contributed by atoms with Crippen LogP contribution in [0.2, 0.25) is 5.02 Å². The lowest BCUT2D eigenvalue weighted by Gasteiger charge is -2.06. The third-order valence-corrected chi connectivity index (χ3v) is 3.53. The van der Waals surface area contributed by atoms with E-state index in [4.69, 9.17) is 21.1 Å². The Morgan fingerprint density at radius 3 is 2.79 bits per heavy atom. The lowest BCUT2D eigenvalue weighted by molar-refractivity contribution is -0.123. The minimum Gasteiger partial charge on any atom is -0.504 e. The molecule has 6 nitrogen and oxygen atoms in total. The number of hydrogen-bond donors (Lipinski definition) is 2. The van der Waals surface area contributed by atoms with Crippen LogP contribution in [0.25, 0.3) is 0 Å². The van der Waals surface area contributed by atoms with E-state index in [-0.39, 0.29) is 12.4 Å². The first-order valence-electron chi connectivity index (χ1n) is 7.07. The summed E-state index contributed by atoms with van der Waals surface area (Å²) in [5, 5.41) is 14.1. The number of ether oxygens (including phenoxy) is 2. The van der Waals surface area contributed by atoms with Crippen molar-refractivity contribution in [3.05, 3.63) is 52.5 Å². The van der Waals surface area contributed by atoms with E-state index in [2.05, 4.69) is 10.5 Å². The molecule has 2 aromatic carbocycles. The van der Waals surface area contributed by atoms with Crippen LogP contribution in [0.15, 0.2) is 41.5 Å². The molecule has 0 fully saturated rings. The Morgan fingerprint density at radius 2 is 2.12 bits per heavy atom. The number of amides is 1. The van der Waals surface area contributed by atoms with Gasteiger partial charge in [-0.25, -0.2) is 5.43 Å². The summed E-state index contributed by atoms with van der Waals surface area (Å²) in [6.45, 7) is 1.68. The standard InChI is InChI=1S/C17H17ClN2O4/c1-11-7-13(4-5-14(11)18)24-10-17(22)20-19-9-12-3-6-16(23-2)15(21)8-12/h3-9,21H,10H2,1-2H3,(H,20,22). The molecule has 24 heavy (non-hydrogen) atoms. The van der Waals surface area contributed by atoms with Crippen LogP contribution in [0.3, 0.4) is 0 Å². The van der Waals surface area contributed by atoms with Crippen LogP contribution in [0.4, 0.5) is 0 Å². The van der Waals surface area contributed by atoms with Crippen LogP contribution in [0.5, 0.6) is 17.2 Å². The molecule has 0 aliphatic carbocycles. The van der Waals surface area contributed by atoms with Gasteiger partial charge in [-0.05, 0) is 54.4 Å². The molecule has 0 unspecified atom stereocenters. The molecule has 0 saturated carbocycles. The number of phenols is 1. The largest absolute Gasteiger partial charge is 0.504 e. The normalized spacial score (nSPS) is 10.6. The highest BCUT2D eigenvalue weighted by Gasteiger charge is 2.04. The van der Waals surface area contributed by atoms with Crippen molar-refractivity contribution in [2.45, 2.75) is 6.92 Å². The number of methoxy groups -OCH3 is 1. The first-order chi connectivity index (χ1) is 11.5. The molecule has 1 amide bonds. The smallest absolute Gasteiger partial charge is 0.277 e. The number of nitrogens with zero attached hydrogens (tertiary/aromatic N) is 1. The van der Waals surface area contributed by atoms with Crippen LogP contribution in [-0.2, 0) is 4.79 Å². The summed E-state index contributed by atoms with van der Waals surface area (Å²) >= 11 is 5.92. The molecule has 0 heterocycles. The minimum atomic E-state index is -0.406. The SMILES string of the molecule is COc1ccc(C=NNC(=O)COc2ccc(Cl)c(C)c2)cc1O.